The van der Waals surface area contributed by atoms with E-state index in [4.69, 9.17) is 4.74 Å². The highest BCUT2D eigenvalue weighted by atomic mass is 16.5. The Hall–Kier alpha value is -0.690. The molecule has 1 aliphatic rings. The first-order valence-electron chi connectivity index (χ1n) is 6.16. The van der Waals surface area contributed by atoms with Gasteiger partial charge in [-0.1, -0.05) is 6.92 Å². The number of esters is 1. The van der Waals surface area contributed by atoms with Crippen molar-refractivity contribution < 1.29 is 29.6 Å². The van der Waals surface area contributed by atoms with E-state index in [0.29, 0.717) is 12.8 Å². The molecule has 0 aromatic heterocycles. The Morgan fingerprint density at radius 2 is 1.89 bits per heavy atom. The SMILES string of the molecule is COC(=O)C(C)CCC1OC(C)C(O)C(O)C1O. The standard InChI is InChI=1S/C12H22O6/c1-6(12(16)17-3)4-5-8-10(14)11(15)9(13)7(2)18-8/h6-11,13-15H,4-5H2,1-3H3. The minimum absolute atomic E-state index is 0.287. The molecule has 1 fully saturated rings. The topological polar surface area (TPSA) is 96.2 Å². The zero-order valence-corrected chi connectivity index (χ0v) is 10.9. The van der Waals surface area contributed by atoms with E-state index < -0.39 is 30.5 Å². The summed E-state index contributed by atoms with van der Waals surface area (Å²) in [5, 5.41) is 28.9. The van der Waals surface area contributed by atoms with Gasteiger partial charge in [0.15, 0.2) is 0 Å². The molecule has 1 aliphatic heterocycles. The molecule has 0 saturated carbocycles. The van der Waals surface area contributed by atoms with E-state index in [0.717, 1.165) is 0 Å². The Labute approximate surface area is 107 Å². The zero-order chi connectivity index (χ0) is 13.9. The number of carbonyl (C=O) groups excluding carboxylic acids is 1. The van der Waals surface area contributed by atoms with Crippen LogP contribution in [-0.2, 0) is 14.3 Å². The second kappa shape index (κ2) is 6.47. The highest BCUT2D eigenvalue weighted by Crippen LogP contribution is 2.25. The Bertz CT molecular complexity index is 282. The number of methoxy groups -OCH3 is 1. The summed E-state index contributed by atoms with van der Waals surface area (Å²) in [5.74, 6) is -0.598. The molecular formula is C12H22O6. The normalized spacial score (nSPS) is 38.2. The predicted molar refractivity (Wildman–Crippen MR) is 62.8 cm³/mol. The van der Waals surface area contributed by atoms with Gasteiger partial charge in [-0.25, -0.2) is 0 Å². The van der Waals surface area contributed by atoms with Gasteiger partial charge in [0.05, 0.1) is 25.2 Å². The highest BCUT2D eigenvalue weighted by Gasteiger charge is 2.41. The van der Waals surface area contributed by atoms with Crippen molar-refractivity contribution in [2.45, 2.75) is 57.2 Å². The van der Waals surface area contributed by atoms with E-state index in [9.17, 15) is 20.1 Å². The molecule has 0 radical (unpaired) electrons. The Kier molecular flexibility index (Phi) is 5.52. The van der Waals surface area contributed by atoms with Crippen LogP contribution in [0.2, 0.25) is 0 Å². The molecule has 3 N–H and O–H groups in total. The molecule has 6 heteroatoms. The molecule has 18 heavy (non-hydrogen) atoms. The molecule has 6 unspecified atom stereocenters. The fourth-order valence-electron chi connectivity index (χ4n) is 2.11. The maximum Gasteiger partial charge on any atom is 0.308 e. The Morgan fingerprint density at radius 1 is 1.28 bits per heavy atom. The van der Waals surface area contributed by atoms with Crippen LogP contribution in [0.1, 0.15) is 26.7 Å². The smallest absolute Gasteiger partial charge is 0.308 e. The number of aliphatic hydroxyl groups excluding tert-OH is 3. The maximum atomic E-state index is 11.2. The minimum atomic E-state index is -1.22. The number of hydrogen-bond acceptors (Lipinski definition) is 6. The van der Waals surface area contributed by atoms with Crippen LogP contribution in [0.5, 0.6) is 0 Å². The third-order valence-corrected chi connectivity index (χ3v) is 3.44. The molecule has 0 spiro atoms. The summed E-state index contributed by atoms with van der Waals surface area (Å²) in [5.41, 5.74) is 0. The lowest BCUT2D eigenvalue weighted by Gasteiger charge is -2.39. The Morgan fingerprint density at radius 3 is 2.44 bits per heavy atom. The highest BCUT2D eigenvalue weighted by molar-refractivity contribution is 5.71. The summed E-state index contributed by atoms with van der Waals surface area (Å²) in [7, 11) is 1.33. The van der Waals surface area contributed by atoms with Crippen molar-refractivity contribution in [1.29, 1.82) is 0 Å². The van der Waals surface area contributed by atoms with Crippen molar-refractivity contribution in [2.24, 2.45) is 5.92 Å². The molecule has 1 rings (SSSR count). The Balaban J connectivity index is 2.49. The van der Waals surface area contributed by atoms with Crippen LogP contribution >= 0.6 is 0 Å². The van der Waals surface area contributed by atoms with Crippen LogP contribution in [-0.4, -0.2) is 58.9 Å². The summed E-state index contributed by atoms with van der Waals surface area (Å²) in [6.07, 6.45) is -3.65. The van der Waals surface area contributed by atoms with E-state index in [-0.39, 0.29) is 11.9 Å². The number of ether oxygens (including phenoxy) is 2. The third kappa shape index (κ3) is 3.41. The van der Waals surface area contributed by atoms with Gasteiger partial charge >= 0.3 is 5.97 Å². The van der Waals surface area contributed by atoms with Gasteiger partial charge in [0.1, 0.15) is 18.3 Å². The molecule has 6 atom stereocenters. The molecule has 6 nitrogen and oxygen atoms in total. The van der Waals surface area contributed by atoms with E-state index in [1.165, 1.54) is 7.11 Å². The molecule has 0 aliphatic carbocycles. The van der Waals surface area contributed by atoms with Crippen molar-refractivity contribution in [2.75, 3.05) is 7.11 Å². The number of aliphatic hydroxyl groups is 3. The first kappa shape index (κ1) is 15.4. The summed E-state index contributed by atoms with van der Waals surface area (Å²) >= 11 is 0. The molecule has 0 bridgehead atoms. The van der Waals surface area contributed by atoms with Crippen LogP contribution in [0.3, 0.4) is 0 Å². The number of carbonyl (C=O) groups is 1. The summed E-state index contributed by atoms with van der Waals surface area (Å²) in [6.45, 7) is 3.37. The number of hydrogen-bond donors (Lipinski definition) is 3. The predicted octanol–water partition coefficient (Wildman–Crippen LogP) is -0.554. The van der Waals surface area contributed by atoms with Crippen molar-refractivity contribution >= 4 is 5.97 Å². The van der Waals surface area contributed by atoms with Crippen molar-refractivity contribution in [3.63, 3.8) is 0 Å². The third-order valence-electron chi connectivity index (χ3n) is 3.44. The van der Waals surface area contributed by atoms with Crippen LogP contribution in [0.4, 0.5) is 0 Å². The van der Waals surface area contributed by atoms with Crippen LogP contribution in [0, 0.1) is 5.92 Å². The van der Waals surface area contributed by atoms with Crippen LogP contribution in [0.25, 0.3) is 0 Å². The minimum Gasteiger partial charge on any atom is -0.469 e. The lowest BCUT2D eigenvalue weighted by molar-refractivity contribution is -0.219. The second-order valence-corrected chi connectivity index (χ2v) is 4.85. The second-order valence-electron chi connectivity index (χ2n) is 4.85. The lowest BCUT2D eigenvalue weighted by atomic mass is 9.91. The monoisotopic (exact) mass is 262 g/mol. The maximum absolute atomic E-state index is 11.2. The van der Waals surface area contributed by atoms with Crippen molar-refractivity contribution in [3.8, 4) is 0 Å². The lowest BCUT2D eigenvalue weighted by Crippen LogP contribution is -2.56. The molecule has 1 saturated heterocycles. The molecule has 0 aromatic carbocycles. The van der Waals surface area contributed by atoms with Crippen molar-refractivity contribution in [3.05, 3.63) is 0 Å². The van der Waals surface area contributed by atoms with E-state index in [1.54, 1.807) is 13.8 Å². The molecule has 106 valence electrons. The molecule has 0 aromatic rings. The fourth-order valence-corrected chi connectivity index (χ4v) is 2.11. The van der Waals surface area contributed by atoms with Crippen LogP contribution in [0.15, 0.2) is 0 Å². The average Bonchev–Trinajstić information content (AvgIpc) is 2.37. The van der Waals surface area contributed by atoms with Gasteiger partial charge in [-0.2, -0.15) is 0 Å². The molecular weight excluding hydrogens is 240 g/mol. The summed E-state index contributed by atoms with van der Waals surface area (Å²) < 4.78 is 10.0. The quantitative estimate of drug-likeness (QED) is 0.588. The van der Waals surface area contributed by atoms with Gasteiger partial charge in [-0.3, -0.25) is 4.79 Å². The van der Waals surface area contributed by atoms with Gasteiger partial charge in [-0.05, 0) is 19.8 Å². The molecule has 0 amide bonds. The number of rotatable bonds is 4. The zero-order valence-electron chi connectivity index (χ0n) is 10.9. The average molecular weight is 262 g/mol. The van der Waals surface area contributed by atoms with E-state index in [1.807, 2.05) is 0 Å². The van der Waals surface area contributed by atoms with Gasteiger partial charge < -0.3 is 24.8 Å². The van der Waals surface area contributed by atoms with E-state index >= 15 is 0 Å². The fraction of sp³-hybridized carbons (Fsp3) is 0.917. The van der Waals surface area contributed by atoms with Gasteiger partial charge in [-0.15, -0.1) is 0 Å². The first-order chi connectivity index (χ1) is 8.38. The summed E-state index contributed by atoms with van der Waals surface area (Å²) in [6, 6.07) is 0. The van der Waals surface area contributed by atoms with Gasteiger partial charge in [0.2, 0.25) is 0 Å². The van der Waals surface area contributed by atoms with E-state index in [2.05, 4.69) is 4.74 Å². The van der Waals surface area contributed by atoms with Crippen molar-refractivity contribution in [1.82, 2.24) is 0 Å². The largest absolute Gasteiger partial charge is 0.469 e. The molecule has 1 heterocycles. The van der Waals surface area contributed by atoms with Crippen LogP contribution < -0.4 is 0 Å². The first-order valence-corrected chi connectivity index (χ1v) is 6.16. The summed E-state index contributed by atoms with van der Waals surface area (Å²) in [4.78, 5) is 11.2. The van der Waals surface area contributed by atoms with Gasteiger partial charge in [0, 0.05) is 0 Å². The van der Waals surface area contributed by atoms with Gasteiger partial charge in [0.25, 0.3) is 0 Å².